The van der Waals surface area contributed by atoms with Crippen LogP contribution in [-0.2, 0) is 6.54 Å². The minimum Gasteiger partial charge on any atom is -0.290 e. The van der Waals surface area contributed by atoms with Gasteiger partial charge in [-0.05, 0) is 13.8 Å². The first kappa shape index (κ1) is 11.7. The lowest BCUT2D eigenvalue weighted by Crippen LogP contribution is -2.23. The van der Waals surface area contributed by atoms with Gasteiger partial charge in [0, 0.05) is 19.6 Å². The summed E-state index contributed by atoms with van der Waals surface area (Å²) in [5, 5.41) is 10.5. The zero-order valence-corrected chi connectivity index (χ0v) is 9.35. The molecular formula is C11H18N4. The van der Waals surface area contributed by atoms with Crippen molar-refractivity contribution in [3.05, 3.63) is 36.2 Å². The SMILES string of the molecule is CC=CCN(CC=CC)Cc1cn[nH]n1. The summed E-state index contributed by atoms with van der Waals surface area (Å²) in [6.45, 7) is 6.76. The molecule has 1 heterocycles. The number of hydrogen-bond acceptors (Lipinski definition) is 3. The van der Waals surface area contributed by atoms with Gasteiger partial charge < -0.3 is 0 Å². The van der Waals surface area contributed by atoms with Gasteiger partial charge in [-0.3, -0.25) is 4.90 Å². The Labute approximate surface area is 90.7 Å². The lowest BCUT2D eigenvalue weighted by molar-refractivity contribution is 0.323. The molecular weight excluding hydrogens is 188 g/mol. The van der Waals surface area contributed by atoms with Crippen LogP contribution in [0.1, 0.15) is 19.5 Å². The van der Waals surface area contributed by atoms with Gasteiger partial charge in [-0.1, -0.05) is 24.3 Å². The third kappa shape index (κ3) is 4.56. The number of hydrogen-bond donors (Lipinski definition) is 1. The number of aromatic nitrogens is 3. The summed E-state index contributed by atoms with van der Waals surface area (Å²) >= 11 is 0. The molecule has 1 aromatic rings. The number of rotatable bonds is 6. The summed E-state index contributed by atoms with van der Waals surface area (Å²) in [7, 11) is 0. The van der Waals surface area contributed by atoms with Gasteiger partial charge in [0.05, 0.1) is 11.9 Å². The molecule has 1 N–H and O–H groups in total. The van der Waals surface area contributed by atoms with Crippen LogP contribution in [0.5, 0.6) is 0 Å². The summed E-state index contributed by atoms with van der Waals surface area (Å²) < 4.78 is 0. The highest BCUT2D eigenvalue weighted by atomic mass is 15.3. The molecule has 0 aliphatic carbocycles. The van der Waals surface area contributed by atoms with Crippen molar-refractivity contribution in [2.24, 2.45) is 0 Å². The molecule has 0 saturated heterocycles. The predicted molar refractivity (Wildman–Crippen MR) is 61.3 cm³/mol. The first-order valence-corrected chi connectivity index (χ1v) is 5.16. The molecule has 4 heteroatoms. The molecule has 0 bridgehead atoms. The molecule has 1 aromatic heterocycles. The minimum absolute atomic E-state index is 0.825. The molecule has 82 valence electrons. The molecule has 0 fully saturated rings. The standard InChI is InChI=1S/C11H18N4/c1-3-5-7-15(8-6-4-2)10-11-9-12-14-13-11/h3-6,9H,7-8,10H2,1-2H3,(H,12,13,14). The lowest BCUT2D eigenvalue weighted by atomic mass is 10.3. The second-order valence-corrected chi connectivity index (χ2v) is 3.29. The average Bonchev–Trinajstić information content (AvgIpc) is 2.74. The van der Waals surface area contributed by atoms with Crippen LogP contribution in [0.3, 0.4) is 0 Å². The van der Waals surface area contributed by atoms with Gasteiger partial charge in [-0.2, -0.15) is 15.4 Å². The smallest absolute Gasteiger partial charge is 0.0964 e. The quantitative estimate of drug-likeness (QED) is 0.721. The molecule has 15 heavy (non-hydrogen) atoms. The monoisotopic (exact) mass is 206 g/mol. The van der Waals surface area contributed by atoms with E-state index in [1.54, 1.807) is 6.20 Å². The lowest BCUT2D eigenvalue weighted by Gasteiger charge is -2.16. The van der Waals surface area contributed by atoms with E-state index in [9.17, 15) is 0 Å². The Bertz CT molecular complexity index is 286. The number of H-pyrrole nitrogens is 1. The Morgan fingerprint density at radius 1 is 1.27 bits per heavy atom. The van der Waals surface area contributed by atoms with E-state index in [0.717, 1.165) is 25.3 Å². The topological polar surface area (TPSA) is 44.8 Å². The molecule has 0 aliphatic heterocycles. The largest absolute Gasteiger partial charge is 0.290 e. The molecule has 0 amide bonds. The van der Waals surface area contributed by atoms with Crippen molar-refractivity contribution in [3.63, 3.8) is 0 Å². The first-order valence-electron chi connectivity index (χ1n) is 5.16. The molecule has 0 atom stereocenters. The third-order valence-corrected chi connectivity index (χ3v) is 2.05. The highest BCUT2D eigenvalue weighted by molar-refractivity contribution is 4.94. The average molecular weight is 206 g/mol. The Kier molecular flexibility index (Phi) is 5.40. The fourth-order valence-corrected chi connectivity index (χ4v) is 1.24. The van der Waals surface area contributed by atoms with Crippen LogP contribution in [0.2, 0.25) is 0 Å². The van der Waals surface area contributed by atoms with Crippen LogP contribution in [0.15, 0.2) is 30.5 Å². The maximum Gasteiger partial charge on any atom is 0.0964 e. The van der Waals surface area contributed by atoms with E-state index < -0.39 is 0 Å². The predicted octanol–water partition coefficient (Wildman–Crippen LogP) is 1.76. The highest BCUT2D eigenvalue weighted by Crippen LogP contribution is 1.99. The maximum absolute atomic E-state index is 4.05. The second-order valence-electron chi connectivity index (χ2n) is 3.29. The van der Waals surface area contributed by atoms with Gasteiger partial charge in [-0.15, -0.1) is 0 Å². The van der Waals surface area contributed by atoms with Crippen LogP contribution in [-0.4, -0.2) is 33.4 Å². The number of aromatic amines is 1. The summed E-state index contributed by atoms with van der Waals surface area (Å²) in [6.07, 6.45) is 10.2. The molecule has 1 rings (SSSR count). The number of allylic oxidation sites excluding steroid dienone is 2. The van der Waals surface area contributed by atoms with Crippen molar-refractivity contribution >= 4 is 0 Å². The van der Waals surface area contributed by atoms with Gasteiger partial charge in [-0.25, -0.2) is 0 Å². The second kappa shape index (κ2) is 6.95. The zero-order valence-electron chi connectivity index (χ0n) is 9.35. The molecule has 0 aromatic carbocycles. The van der Waals surface area contributed by atoms with Crippen molar-refractivity contribution in [1.82, 2.24) is 20.3 Å². The van der Waals surface area contributed by atoms with E-state index >= 15 is 0 Å². The van der Waals surface area contributed by atoms with Gasteiger partial charge in [0.1, 0.15) is 0 Å². The van der Waals surface area contributed by atoms with Crippen LogP contribution >= 0.6 is 0 Å². The molecule has 4 nitrogen and oxygen atoms in total. The fraction of sp³-hybridized carbons (Fsp3) is 0.455. The molecule has 0 spiro atoms. The van der Waals surface area contributed by atoms with E-state index in [4.69, 9.17) is 0 Å². The van der Waals surface area contributed by atoms with Crippen molar-refractivity contribution in [2.45, 2.75) is 20.4 Å². The van der Waals surface area contributed by atoms with Crippen molar-refractivity contribution in [1.29, 1.82) is 0 Å². The normalized spacial score (nSPS) is 12.2. The first-order chi connectivity index (χ1) is 7.36. The number of nitrogens with zero attached hydrogens (tertiary/aromatic N) is 3. The number of nitrogens with one attached hydrogen (secondary N) is 1. The van der Waals surface area contributed by atoms with E-state index in [1.807, 2.05) is 13.8 Å². The molecule has 0 radical (unpaired) electrons. The molecule has 0 unspecified atom stereocenters. The van der Waals surface area contributed by atoms with Gasteiger partial charge in [0.2, 0.25) is 0 Å². The third-order valence-electron chi connectivity index (χ3n) is 2.05. The van der Waals surface area contributed by atoms with Gasteiger partial charge >= 0.3 is 0 Å². The molecule has 0 aliphatic rings. The minimum atomic E-state index is 0.825. The summed E-state index contributed by atoms with van der Waals surface area (Å²) in [5.74, 6) is 0. The fourth-order valence-electron chi connectivity index (χ4n) is 1.24. The van der Waals surface area contributed by atoms with Crippen LogP contribution < -0.4 is 0 Å². The Hall–Kier alpha value is -1.42. The van der Waals surface area contributed by atoms with Gasteiger partial charge in [0.15, 0.2) is 0 Å². The summed E-state index contributed by atoms with van der Waals surface area (Å²) in [6, 6.07) is 0. The Morgan fingerprint density at radius 2 is 1.93 bits per heavy atom. The van der Waals surface area contributed by atoms with Crippen LogP contribution in [0, 0.1) is 0 Å². The van der Waals surface area contributed by atoms with Crippen LogP contribution in [0.4, 0.5) is 0 Å². The van der Waals surface area contributed by atoms with Crippen LogP contribution in [0.25, 0.3) is 0 Å². The van der Waals surface area contributed by atoms with E-state index in [-0.39, 0.29) is 0 Å². The van der Waals surface area contributed by atoms with Crippen molar-refractivity contribution in [3.8, 4) is 0 Å². The molecule has 0 saturated carbocycles. The van der Waals surface area contributed by atoms with Crippen molar-refractivity contribution in [2.75, 3.05) is 13.1 Å². The van der Waals surface area contributed by atoms with Crippen molar-refractivity contribution < 1.29 is 0 Å². The van der Waals surface area contributed by atoms with Gasteiger partial charge in [0.25, 0.3) is 0 Å². The van der Waals surface area contributed by atoms with E-state index in [0.29, 0.717) is 0 Å². The highest BCUT2D eigenvalue weighted by Gasteiger charge is 2.03. The van der Waals surface area contributed by atoms with E-state index in [1.165, 1.54) is 0 Å². The summed E-state index contributed by atoms with van der Waals surface area (Å²) in [4.78, 5) is 2.29. The maximum atomic E-state index is 4.05. The van der Waals surface area contributed by atoms with E-state index in [2.05, 4.69) is 44.6 Å². The summed E-state index contributed by atoms with van der Waals surface area (Å²) in [5.41, 5.74) is 0.976. The Morgan fingerprint density at radius 3 is 2.40 bits per heavy atom. The zero-order chi connectivity index (χ0) is 10.9. The Balaban J connectivity index is 2.47.